The summed E-state index contributed by atoms with van der Waals surface area (Å²) in [5.41, 5.74) is 2.70. The SMILES string of the molecule is CC(C)(CNc1ccc(C#N)nc1)c1ccccc1. The maximum Gasteiger partial charge on any atom is 0.140 e. The molecule has 0 unspecified atom stereocenters. The van der Waals surface area contributed by atoms with Gasteiger partial charge in [0, 0.05) is 12.0 Å². The van der Waals surface area contributed by atoms with Crippen LogP contribution in [0.25, 0.3) is 0 Å². The van der Waals surface area contributed by atoms with Crippen molar-refractivity contribution in [2.24, 2.45) is 0 Å². The Balaban J connectivity index is 2.03. The molecule has 0 bridgehead atoms. The van der Waals surface area contributed by atoms with Crippen molar-refractivity contribution in [1.82, 2.24) is 4.98 Å². The van der Waals surface area contributed by atoms with Crippen LogP contribution in [0.3, 0.4) is 0 Å². The zero-order chi connectivity index (χ0) is 13.7. The molecule has 0 atom stereocenters. The van der Waals surface area contributed by atoms with E-state index >= 15 is 0 Å². The monoisotopic (exact) mass is 251 g/mol. The number of hydrogen-bond acceptors (Lipinski definition) is 3. The molecule has 0 aliphatic heterocycles. The van der Waals surface area contributed by atoms with Gasteiger partial charge in [0.15, 0.2) is 0 Å². The van der Waals surface area contributed by atoms with E-state index in [2.05, 4.69) is 48.4 Å². The maximum atomic E-state index is 8.70. The largest absolute Gasteiger partial charge is 0.383 e. The van der Waals surface area contributed by atoms with E-state index in [-0.39, 0.29) is 5.41 Å². The molecule has 3 heteroatoms. The second kappa shape index (κ2) is 5.53. The lowest BCUT2D eigenvalue weighted by molar-refractivity contribution is 0.557. The molecule has 19 heavy (non-hydrogen) atoms. The molecule has 0 aliphatic carbocycles. The summed E-state index contributed by atoms with van der Waals surface area (Å²) in [5, 5.41) is 12.1. The third-order valence-corrected chi connectivity index (χ3v) is 3.17. The van der Waals surface area contributed by atoms with Gasteiger partial charge in [0.1, 0.15) is 11.8 Å². The van der Waals surface area contributed by atoms with Crippen molar-refractivity contribution >= 4 is 5.69 Å². The van der Waals surface area contributed by atoms with Crippen molar-refractivity contribution in [1.29, 1.82) is 5.26 Å². The van der Waals surface area contributed by atoms with Gasteiger partial charge in [-0.05, 0) is 17.7 Å². The Kier molecular flexibility index (Phi) is 3.82. The Bertz CT molecular complexity index is 565. The van der Waals surface area contributed by atoms with Crippen LogP contribution in [0.4, 0.5) is 5.69 Å². The van der Waals surface area contributed by atoms with Crippen molar-refractivity contribution < 1.29 is 0 Å². The molecule has 2 rings (SSSR count). The quantitative estimate of drug-likeness (QED) is 0.906. The molecule has 2 aromatic rings. The molecule has 1 N–H and O–H groups in total. The van der Waals surface area contributed by atoms with E-state index in [0.29, 0.717) is 5.69 Å². The first kappa shape index (κ1) is 13.1. The number of nitriles is 1. The Hall–Kier alpha value is -2.34. The average molecular weight is 251 g/mol. The summed E-state index contributed by atoms with van der Waals surface area (Å²) in [6.07, 6.45) is 1.69. The highest BCUT2D eigenvalue weighted by Gasteiger charge is 2.19. The van der Waals surface area contributed by atoms with E-state index in [1.54, 1.807) is 12.3 Å². The van der Waals surface area contributed by atoms with Crippen molar-refractivity contribution in [2.45, 2.75) is 19.3 Å². The number of rotatable bonds is 4. The van der Waals surface area contributed by atoms with Gasteiger partial charge in [0.05, 0.1) is 11.9 Å². The molecular weight excluding hydrogens is 234 g/mol. The Labute approximate surface area is 113 Å². The Morgan fingerprint density at radius 2 is 1.89 bits per heavy atom. The Morgan fingerprint density at radius 1 is 1.16 bits per heavy atom. The van der Waals surface area contributed by atoms with E-state index in [0.717, 1.165) is 12.2 Å². The smallest absolute Gasteiger partial charge is 0.140 e. The van der Waals surface area contributed by atoms with E-state index in [1.165, 1.54) is 5.56 Å². The van der Waals surface area contributed by atoms with Crippen LogP contribution in [-0.4, -0.2) is 11.5 Å². The van der Waals surface area contributed by atoms with Gasteiger partial charge in [-0.2, -0.15) is 5.26 Å². The zero-order valence-electron chi connectivity index (χ0n) is 11.2. The van der Waals surface area contributed by atoms with Crippen molar-refractivity contribution in [3.63, 3.8) is 0 Å². The van der Waals surface area contributed by atoms with Crippen LogP contribution in [0.5, 0.6) is 0 Å². The number of nitrogens with one attached hydrogen (secondary N) is 1. The highest BCUT2D eigenvalue weighted by molar-refractivity contribution is 5.43. The fraction of sp³-hybridized carbons (Fsp3) is 0.250. The fourth-order valence-corrected chi connectivity index (χ4v) is 1.88. The summed E-state index contributed by atoms with van der Waals surface area (Å²) in [7, 11) is 0. The first-order valence-electron chi connectivity index (χ1n) is 6.27. The predicted octanol–water partition coefficient (Wildman–Crippen LogP) is 3.34. The second-order valence-corrected chi connectivity index (χ2v) is 5.15. The lowest BCUT2D eigenvalue weighted by Gasteiger charge is -2.26. The average Bonchev–Trinajstić information content (AvgIpc) is 2.47. The van der Waals surface area contributed by atoms with Crippen molar-refractivity contribution in [3.05, 3.63) is 59.9 Å². The van der Waals surface area contributed by atoms with Gasteiger partial charge < -0.3 is 5.32 Å². The predicted molar refractivity (Wildman–Crippen MR) is 76.9 cm³/mol. The number of hydrogen-bond donors (Lipinski definition) is 1. The Morgan fingerprint density at radius 3 is 2.47 bits per heavy atom. The van der Waals surface area contributed by atoms with E-state index in [9.17, 15) is 0 Å². The van der Waals surface area contributed by atoms with Crippen LogP contribution in [0.2, 0.25) is 0 Å². The summed E-state index contributed by atoms with van der Waals surface area (Å²) >= 11 is 0. The summed E-state index contributed by atoms with van der Waals surface area (Å²) in [6.45, 7) is 5.21. The van der Waals surface area contributed by atoms with Gasteiger partial charge in [0.25, 0.3) is 0 Å². The van der Waals surface area contributed by atoms with Crippen LogP contribution in [0.15, 0.2) is 48.7 Å². The van der Waals surface area contributed by atoms with Crippen molar-refractivity contribution in [3.8, 4) is 6.07 Å². The number of benzene rings is 1. The van der Waals surface area contributed by atoms with Crippen LogP contribution >= 0.6 is 0 Å². The summed E-state index contributed by atoms with van der Waals surface area (Å²) < 4.78 is 0. The highest BCUT2D eigenvalue weighted by atomic mass is 14.9. The first-order valence-corrected chi connectivity index (χ1v) is 6.27. The molecule has 0 spiro atoms. The fourth-order valence-electron chi connectivity index (χ4n) is 1.88. The van der Waals surface area contributed by atoms with Gasteiger partial charge in [-0.1, -0.05) is 44.2 Å². The normalized spacial score (nSPS) is 10.8. The van der Waals surface area contributed by atoms with Crippen LogP contribution < -0.4 is 5.32 Å². The molecule has 0 saturated carbocycles. The van der Waals surface area contributed by atoms with Gasteiger partial charge in [-0.3, -0.25) is 0 Å². The van der Waals surface area contributed by atoms with E-state index < -0.39 is 0 Å². The van der Waals surface area contributed by atoms with E-state index in [1.807, 2.05) is 18.2 Å². The molecule has 96 valence electrons. The molecule has 0 aliphatic rings. The molecule has 0 amide bonds. The topological polar surface area (TPSA) is 48.7 Å². The number of pyridine rings is 1. The molecule has 1 aromatic heterocycles. The third-order valence-electron chi connectivity index (χ3n) is 3.17. The van der Waals surface area contributed by atoms with Crippen LogP contribution in [-0.2, 0) is 5.41 Å². The molecule has 1 aromatic carbocycles. The third kappa shape index (κ3) is 3.32. The molecular formula is C16H17N3. The molecule has 0 saturated heterocycles. The summed E-state index contributed by atoms with van der Waals surface area (Å²) in [6, 6.07) is 16.0. The van der Waals surface area contributed by atoms with E-state index in [4.69, 9.17) is 5.26 Å². The number of aromatic nitrogens is 1. The summed E-state index contributed by atoms with van der Waals surface area (Å²) in [4.78, 5) is 4.05. The minimum atomic E-state index is 0.0369. The number of nitrogens with zero attached hydrogens (tertiary/aromatic N) is 2. The van der Waals surface area contributed by atoms with Crippen LogP contribution in [0, 0.1) is 11.3 Å². The first-order chi connectivity index (χ1) is 9.12. The number of anilines is 1. The molecule has 0 radical (unpaired) electrons. The minimum absolute atomic E-state index is 0.0369. The standard InChI is InChI=1S/C16H17N3/c1-16(2,13-6-4-3-5-7-13)12-19-15-9-8-14(10-17)18-11-15/h3-9,11,19H,12H2,1-2H3. The van der Waals surface area contributed by atoms with Crippen LogP contribution in [0.1, 0.15) is 25.1 Å². The highest BCUT2D eigenvalue weighted by Crippen LogP contribution is 2.23. The summed E-state index contributed by atoms with van der Waals surface area (Å²) in [5.74, 6) is 0. The molecule has 1 heterocycles. The lowest BCUT2D eigenvalue weighted by Crippen LogP contribution is -2.27. The van der Waals surface area contributed by atoms with Gasteiger partial charge >= 0.3 is 0 Å². The zero-order valence-corrected chi connectivity index (χ0v) is 11.2. The van der Waals surface area contributed by atoms with Crippen molar-refractivity contribution in [2.75, 3.05) is 11.9 Å². The van der Waals surface area contributed by atoms with Gasteiger partial charge in [-0.15, -0.1) is 0 Å². The minimum Gasteiger partial charge on any atom is -0.383 e. The molecule has 3 nitrogen and oxygen atoms in total. The van der Waals surface area contributed by atoms with Gasteiger partial charge in [-0.25, -0.2) is 4.98 Å². The maximum absolute atomic E-state index is 8.70. The lowest BCUT2D eigenvalue weighted by atomic mass is 9.84. The molecule has 0 fully saturated rings. The second-order valence-electron chi connectivity index (χ2n) is 5.15. The van der Waals surface area contributed by atoms with Gasteiger partial charge in [0.2, 0.25) is 0 Å².